The van der Waals surface area contributed by atoms with Crippen LogP contribution in [-0.2, 0) is 0 Å². The molecule has 0 aliphatic carbocycles. The summed E-state index contributed by atoms with van der Waals surface area (Å²) in [6, 6.07) is 12.6. The maximum Gasteiger partial charge on any atom is 0.248 e. The number of hydrogen-bond acceptors (Lipinski definition) is 5. The van der Waals surface area contributed by atoms with Crippen molar-refractivity contribution in [2.24, 2.45) is 0 Å². The number of benzene rings is 1. The number of pyridine rings is 1. The largest absolute Gasteiger partial charge is 0.497 e. The van der Waals surface area contributed by atoms with Crippen molar-refractivity contribution in [1.29, 1.82) is 0 Å². The maximum atomic E-state index is 11.4. The molecular weight excluding hydrogens is 280 g/mol. The second-order valence-corrected chi connectivity index (χ2v) is 4.58. The van der Waals surface area contributed by atoms with Crippen LogP contribution in [0.3, 0.4) is 0 Å². The van der Waals surface area contributed by atoms with Gasteiger partial charge in [0.05, 0.1) is 12.8 Å². The highest BCUT2D eigenvalue weighted by Gasteiger charge is 2.03. The zero-order valence-electron chi connectivity index (χ0n) is 11.9. The second kappa shape index (κ2) is 6.09. The van der Waals surface area contributed by atoms with Gasteiger partial charge in [-0.05, 0) is 30.3 Å². The van der Waals surface area contributed by atoms with Crippen LogP contribution in [0.2, 0.25) is 0 Å². The van der Waals surface area contributed by atoms with Crippen LogP contribution in [-0.4, -0.2) is 22.1 Å². The second-order valence-electron chi connectivity index (χ2n) is 4.58. The molecule has 0 atom stereocenters. The van der Waals surface area contributed by atoms with E-state index in [4.69, 9.17) is 4.74 Å². The summed E-state index contributed by atoms with van der Waals surface area (Å²) in [5.41, 5.74) is 2.14. The molecule has 2 heterocycles. The van der Waals surface area contributed by atoms with Crippen molar-refractivity contribution in [3.63, 3.8) is 0 Å². The minimum atomic E-state index is -0.166. The van der Waals surface area contributed by atoms with Crippen molar-refractivity contribution in [1.82, 2.24) is 15.0 Å². The maximum absolute atomic E-state index is 11.4. The van der Waals surface area contributed by atoms with Gasteiger partial charge in [0.25, 0.3) is 0 Å². The Hall–Kier alpha value is -3.15. The van der Waals surface area contributed by atoms with Gasteiger partial charge in [0.1, 0.15) is 17.9 Å². The first-order chi connectivity index (χ1) is 10.7. The van der Waals surface area contributed by atoms with Gasteiger partial charge in [0.2, 0.25) is 5.56 Å². The summed E-state index contributed by atoms with van der Waals surface area (Å²) in [6.07, 6.45) is 3.05. The summed E-state index contributed by atoms with van der Waals surface area (Å²) >= 11 is 0. The van der Waals surface area contributed by atoms with E-state index in [1.807, 2.05) is 24.3 Å². The minimum Gasteiger partial charge on any atom is -0.497 e. The lowest BCUT2D eigenvalue weighted by molar-refractivity contribution is 0.415. The molecule has 6 nitrogen and oxygen atoms in total. The first kappa shape index (κ1) is 13.8. The first-order valence-corrected chi connectivity index (χ1v) is 6.67. The van der Waals surface area contributed by atoms with Crippen molar-refractivity contribution in [3.05, 3.63) is 65.3 Å². The van der Waals surface area contributed by atoms with Crippen molar-refractivity contribution in [2.75, 3.05) is 12.4 Å². The molecule has 2 aromatic heterocycles. The van der Waals surface area contributed by atoms with Crippen LogP contribution in [0, 0.1) is 0 Å². The predicted molar refractivity (Wildman–Crippen MR) is 84.4 cm³/mol. The monoisotopic (exact) mass is 294 g/mol. The molecule has 0 saturated heterocycles. The fraction of sp³-hybridized carbons (Fsp3) is 0.0625. The first-order valence-electron chi connectivity index (χ1n) is 6.67. The number of aromatic amines is 1. The Morgan fingerprint density at radius 2 is 1.91 bits per heavy atom. The molecular formula is C16H14N4O2. The molecule has 0 amide bonds. The number of hydrogen-bond donors (Lipinski definition) is 2. The van der Waals surface area contributed by atoms with Crippen LogP contribution >= 0.6 is 0 Å². The van der Waals surface area contributed by atoms with Crippen LogP contribution in [0.4, 0.5) is 11.5 Å². The Morgan fingerprint density at radius 3 is 2.64 bits per heavy atom. The molecule has 0 bridgehead atoms. The van der Waals surface area contributed by atoms with Crippen LogP contribution in [0.15, 0.2) is 59.8 Å². The summed E-state index contributed by atoms with van der Waals surface area (Å²) in [5, 5.41) is 3.19. The van der Waals surface area contributed by atoms with Crippen molar-refractivity contribution in [3.8, 4) is 17.0 Å². The molecule has 0 fully saturated rings. The fourth-order valence-corrected chi connectivity index (χ4v) is 2.01. The number of H-pyrrole nitrogens is 1. The molecule has 22 heavy (non-hydrogen) atoms. The van der Waals surface area contributed by atoms with E-state index in [1.54, 1.807) is 25.4 Å². The molecule has 0 saturated carbocycles. The van der Waals surface area contributed by atoms with Crippen LogP contribution in [0.1, 0.15) is 0 Å². The van der Waals surface area contributed by atoms with E-state index in [1.165, 1.54) is 12.4 Å². The van der Waals surface area contributed by atoms with E-state index >= 15 is 0 Å². The number of methoxy groups -OCH3 is 1. The Bertz CT molecular complexity index is 828. The molecule has 2 N–H and O–H groups in total. The van der Waals surface area contributed by atoms with Gasteiger partial charge in [0, 0.05) is 29.6 Å². The van der Waals surface area contributed by atoms with Crippen LogP contribution < -0.4 is 15.6 Å². The average Bonchev–Trinajstić information content (AvgIpc) is 2.56. The molecule has 0 unspecified atom stereocenters. The van der Waals surface area contributed by atoms with E-state index < -0.39 is 0 Å². The van der Waals surface area contributed by atoms with E-state index in [-0.39, 0.29) is 5.56 Å². The standard InChI is InChI=1S/C16H14N4O2/c1-22-13-4-2-12(3-5-13)20-15-9-14(18-10-19-15)11-6-7-17-16(21)8-11/h2-10H,1H3,(H,17,21)(H,18,19,20). The Labute approximate surface area is 126 Å². The number of ether oxygens (including phenoxy) is 1. The third kappa shape index (κ3) is 3.12. The summed E-state index contributed by atoms with van der Waals surface area (Å²) in [4.78, 5) is 22.3. The zero-order chi connectivity index (χ0) is 15.4. The van der Waals surface area contributed by atoms with E-state index in [0.29, 0.717) is 11.5 Å². The van der Waals surface area contributed by atoms with Gasteiger partial charge >= 0.3 is 0 Å². The lowest BCUT2D eigenvalue weighted by Crippen LogP contribution is -2.03. The Balaban J connectivity index is 1.86. The van der Waals surface area contributed by atoms with Gasteiger partial charge < -0.3 is 15.0 Å². The quantitative estimate of drug-likeness (QED) is 0.773. The number of nitrogens with zero attached hydrogens (tertiary/aromatic N) is 2. The topological polar surface area (TPSA) is 79.9 Å². The molecule has 0 aliphatic heterocycles. The Morgan fingerprint density at radius 1 is 1.09 bits per heavy atom. The highest BCUT2D eigenvalue weighted by molar-refractivity contribution is 5.65. The van der Waals surface area contributed by atoms with E-state index in [0.717, 1.165) is 17.0 Å². The smallest absolute Gasteiger partial charge is 0.248 e. The van der Waals surface area contributed by atoms with Crippen molar-refractivity contribution < 1.29 is 4.74 Å². The normalized spacial score (nSPS) is 10.2. The van der Waals surface area contributed by atoms with E-state index in [2.05, 4.69) is 20.3 Å². The molecule has 0 radical (unpaired) electrons. The summed E-state index contributed by atoms with van der Waals surface area (Å²) in [6.45, 7) is 0. The highest BCUT2D eigenvalue weighted by atomic mass is 16.5. The van der Waals surface area contributed by atoms with Gasteiger partial charge in [-0.1, -0.05) is 0 Å². The molecule has 110 valence electrons. The molecule has 6 heteroatoms. The Kier molecular flexibility index (Phi) is 3.82. The third-order valence-electron chi connectivity index (χ3n) is 3.10. The van der Waals surface area contributed by atoms with Crippen molar-refractivity contribution >= 4 is 11.5 Å². The lowest BCUT2D eigenvalue weighted by atomic mass is 10.2. The number of rotatable bonds is 4. The predicted octanol–water partition coefficient (Wildman–Crippen LogP) is 2.58. The number of nitrogens with one attached hydrogen (secondary N) is 2. The molecule has 3 rings (SSSR count). The summed E-state index contributed by atoms with van der Waals surface area (Å²) in [5.74, 6) is 1.44. The lowest BCUT2D eigenvalue weighted by Gasteiger charge is -2.07. The third-order valence-corrected chi connectivity index (χ3v) is 3.10. The van der Waals surface area contributed by atoms with Crippen LogP contribution in [0.5, 0.6) is 5.75 Å². The molecule has 0 spiro atoms. The fourth-order valence-electron chi connectivity index (χ4n) is 2.01. The SMILES string of the molecule is COc1ccc(Nc2cc(-c3cc[nH]c(=O)c3)ncn2)cc1. The zero-order valence-corrected chi connectivity index (χ0v) is 11.9. The summed E-state index contributed by atoms with van der Waals surface area (Å²) < 4.78 is 5.12. The average molecular weight is 294 g/mol. The molecule has 0 aliphatic rings. The number of anilines is 2. The van der Waals surface area contributed by atoms with Crippen LogP contribution in [0.25, 0.3) is 11.3 Å². The highest BCUT2D eigenvalue weighted by Crippen LogP contribution is 2.21. The number of aromatic nitrogens is 3. The van der Waals surface area contributed by atoms with Gasteiger partial charge in [-0.3, -0.25) is 4.79 Å². The van der Waals surface area contributed by atoms with Gasteiger partial charge in [-0.25, -0.2) is 9.97 Å². The van der Waals surface area contributed by atoms with Crippen molar-refractivity contribution in [2.45, 2.75) is 0 Å². The summed E-state index contributed by atoms with van der Waals surface area (Å²) in [7, 11) is 1.63. The van der Waals surface area contributed by atoms with Gasteiger partial charge in [-0.2, -0.15) is 0 Å². The van der Waals surface area contributed by atoms with Gasteiger partial charge in [-0.15, -0.1) is 0 Å². The van der Waals surface area contributed by atoms with E-state index in [9.17, 15) is 4.79 Å². The molecule has 1 aromatic carbocycles. The van der Waals surface area contributed by atoms with Gasteiger partial charge in [0.15, 0.2) is 0 Å². The minimum absolute atomic E-state index is 0.166. The molecule has 3 aromatic rings.